The van der Waals surface area contributed by atoms with Crippen LogP contribution in [0.3, 0.4) is 0 Å². The van der Waals surface area contributed by atoms with Crippen LogP contribution in [0, 0.1) is 10.8 Å². The Hall–Kier alpha value is -1.90. The fraction of sp³-hybridized carbons (Fsp3) is 0.500. The fourth-order valence-corrected chi connectivity index (χ4v) is 5.03. The molecule has 1 saturated heterocycles. The zero-order valence-corrected chi connectivity index (χ0v) is 14.2. The van der Waals surface area contributed by atoms with Gasteiger partial charge in [-0.3, -0.25) is 4.79 Å². The molecular weight excluding hydrogens is 284 g/mol. The van der Waals surface area contributed by atoms with Crippen LogP contribution >= 0.6 is 0 Å². The number of carbonyl (C=O) groups excluding carboxylic acids is 1. The lowest BCUT2D eigenvalue weighted by molar-refractivity contribution is 0.0703. The van der Waals surface area contributed by atoms with Gasteiger partial charge >= 0.3 is 0 Å². The maximum Gasteiger partial charge on any atom is 0.272 e. The summed E-state index contributed by atoms with van der Waals surface area (Å²) in [5.41, 5.74) is 2.06. The Balaban J connectivity index is 1.66. The molecule has 23 heavy (non-hydrogen) atoms. The van der Waals surface area contributed by atoms with Crippen molar-refractivity contribution in [1.29, 1.82) is 0 Å². The molecule has 2 aromatic rings. The Bertz CT molecular complexity index is 782. The Morgan fingerprint density at radius 1 is 1.13 bits per heavy atom. The Labute approximate surface area is 137 Å². The van der Waals surface area contributed by atoms with Gasteiger partial charge in [-0.15, -0.1) is 0 Å². The van der Waals surface area contributed by atoms with Crippen LogP contribution in [-0.4, -0.2) is 28.4 Å². The summed E-state index contributed by atoms with van der Waals surface area (Å²) in [6.45, 7) is 7.87. The highest BCUT2D eigenvalue weighted by Crippen LogP contribution is 2.52. The molecule has 1 aromatic carbocycles. The van der Waals surface area contributed by atoms with E-state index in [0.717, 1.165) is 30.3 Å². The van der Waals surface area contributed by atoms with Crippen LogP contribution in [0.25, 0.3) is 10.9 Å². The van der Waals surface area contributed by atoms with E-state index in [1.165, 1.54) is 6.42 Å². The third-order valence-electron chi connectivity index (χ3n) is 5.49. The number of likely N-dealkylation sites (tertiary alicyclic amines) is 1. The summed E-state index contributed by atoms with van der Waals surface area (Å²) in [6.07, 6.45) is 3.43. The maximum atomic E-state index is 13.0. The highest BCUT2D eigenvalue weighted by molar-refractivity contribution is 5.95. The third kappa shape index (κ3) is 2.52. The van der Waals surface area contributed by atoms with Gasteiger partial charge in [0.25, 0.3) is 5.91 Å². The number of aromatic nitrogens is 1. The summed E-state index contributed by atoms with van der Waals surface area (Å²) < 4.78 is 0. The SMILES string of the molecule is CC1(C)C[C@H]2C[C@@](C)(CN2C(=O)c2ccc3ccccc3n2)C1. The van der Waals surface area contributed by atoms with Crippen molar-refractivity contribution >= 4 is 16.8 Å². The molecule has 0 spiro atoms. The summed E-state index contributed by atoms with van der Waals surface area (Å²) in [7, 11) is 0. The van der Waals surface area contributed by atoms with Gasteiger partial charge in [-0.05, 0) is 42.2 Å². The van der Waals surface area contributed by atoms with Crippen molar-refractivity contribution in [2.75, 3.05) is 6.54 Å². The van der Waals surface area contributed by atoms with Gasteiger partial charge in [-0.1, -0.05) is 45.0 Å². The van der Waals surface area contributed by atoms with Crippen LogP contribution in [0.4, 0.5) is 0 Å². The molecule has 0 unspecified atom stereocenters. The molecule has 3 nitrogen and oxygen atoms in total. The number of pyridine rings is 1. The van der Waals surface area contributed by atoms with Crippen LogP contribution in [-0.2, 0) is 0 Å². The number of hydrogen-bond acceptors (Lipinski definition) is 2. The third-order valence-corrected chi connectivity index (χ3v) is 5.49. The summed E-state index contributed by atoms with van der Waals surface area (Å²) >= 11 is 0. The number of rotatable bonds is 1. The molecule has 1 aliphatic heterocycles. The molecule has 1 aliphatic carbocycles. The highest BCUT2D eigenvalue weighted by atomic mass is 16.2. The molecule has 2 aliphatic rings. The van der Waals surface area contributed by atoms with Gasteiger partial charge in [-0.2, -0.15) is 0 Å². The van der Waals surface area contributed by atoms with Gasteiger partial charge < -0.3 is 4.90 Å². The lowest BCUT2D eigenvalue weighted by Crippen LogP contribution is -2.38. The van der Waals surface area contributed by atoms with Crippen molar-refractivity contribution in [3.63, 3.8) is 0 Å². The van der Waals surface area contributed by atoms with Crippen LogP contribution in [0.15, 0.2) is 36.4 Å². The van der Waals surface area contributed by atoms with Gasteiger partial charge in [0.2, 0.25) is 0 Å². The Morgan fingerprint density at radius 3 is 2.74 bits per heavy atom. The van der Waals surface area contributed by atoms with E-state index in [4.69, 9.17) is 0 Å². The van der Waals surface area contributed by atoms with Gasteiger partial charge in [0, 0.05) is 18.0 Å². The predicted molar refractivity (Wildman–Crippen MR) is 92.3 cm³/mol. The topological polar surface area (TPSA) is 33.2 Å². The predicted octanol–water partition coefficient (Wildman–Crippen LogP) is 4.28. The number of para-hydroxylation sites is 1. The van der Waals surface area contributed by atoms with E-state index in [1.807, 2.05) is 36.4 Å². The molecule has 120 valence electrons. The van der Waals surface area contributed by atoms with Crippen LogP contribution in [0.1, 0.15) is 50.5 Å². The van der Waals surface area contributed by atoms with Crippen molar-refractivity contribution in [2.24, 2.45) is 10.8 Å². The zero-order chi connectivity index (χ0) is 16.2. The minimum atomic E-state index is 0.0992. The first-order chi connectivity index (χ1) is 10.9. The molecule has 0 N–H and O–H groups in total. The normalized spacial score (nSPS) is 29.0. The fourth-order valence-electron chi connectivity index (χ4n) is 5.03. The summed E-state index contributed by atoms with van der Waals surface area (Å²) in [4.78, 5) is 19.7. The molecule has 2 bridgehead atoms. The largest absolute Gasteiger partial charge is 0.334 e. The van der Waals surface area contributed by atoms with Crippen LogP contribution in [0.2, 0.25) is 0 Å². The second-order valence-electron chi connectivity index (χ2n) is 8.54. The number of benzene rings is 1. The van der Waals surface area contributed by atoms with Crippen LogP contribution in [0.5, 0.6) is 0 Å². The summed E-state index contributed by atoms with van der Waals surface area (Å²) in [6, 6.07) is 12.2. The first-order valence-corrected chi connectivity index (χ1v) is 8.52. The quantitative estimate of drug-likeness (QED) is 0.788. The van der Waals surface area contributed by atoms with E-state index in [9.17, 15) is 4.79 Å². The minimum absolute atomic E-state index is 0.0992. The Kier molecular flexibility index (Phi) is 3.06. The highest BCUT2D eigenvalue weighted by Gasteiger charge is 2.51. The lowest BCUT2D eigenvalue weighted by Gasteiger charge is -2.39. The van der Waals surface area contributed by atoms with Crippen molar-refractivity contribution < 1.29 is 4.79 Å². The molecule has 1 amide bonds. The van der Waals surface area contributed by atoms with E-state index in [0.29, 0.717) is 17.2 Å². The molecule has 3 heteroatoms. The van der Waals surface area contributed by atoms with E-state index < -0.39 is 0 Å². The van der Waals surface area contributed by atoms with E-state index >= 15 is 0 Å². The summed E-state index contributed by atoms with van der Waals surface area (Å²) in [5.74, 6) is 0.0992. The second kappa shape index (κ2) is 4.80. The van der Waals surface area contributed by atoms with E-state index in [-0.39, 0.29) is 11.3 Å². The smallest absolute Gasteiger partial charge is 0.272 e. The molecular formula is C20H24N2O. The van der Waals surface area contributed by atoms with Crippen molar-refractivity contribution in [3.05, 3.63) is 42.1 Å². The van der Waals surface area contributed by atoms with Crippen LogP contribution < -0.4 is 0 Å². The molecule has 2 heterocycles. The van der Waals surface area contributed by atoms with Gasteiger partial charge in [0.15, 0.2) is 0 Å². The average Bonchev–Trinajstić information content (AvgIpc) is 2.75. The van der Waals surface area contributed by atoms with Gasteiger partial charge in [-0.25, -0.2) is 4.98 Å². The summed E-state index contributed by atoms with van der Waals surface area (Å²) in [5, 5.41) is 1.08. The first-order valence-electron chi connectivity index (χ1n) is 8.52. The number of nitrogens with zero attached hydrogens (tertiary/aromatic N) is 2. The van der Waals surface area contributed by atoms with Gasteiger partial charge in [0.1, 0.15) is 5.69 Å². The molecule has 4 rings (SSSR count). The molecule has 2 fully saturated rings. The second-order valence-corrected chi connectivity index (χ2v) is 8.54. The minimum Gasteiger partial charge on any atom is -0.334 e. The molecule has 1 saturated carbocycles. The Morgan fingerprint density at radius 2 is 1.91 bits per heavy atom. The number of carbonyl (C=O) groups is 1. The zero-order valence-electron chi connectivity index (χ0n) is 14.2. The first kappa shape index (κ1) is 14.7. The lowest BCUT2D eigenvalue weighted by atomic mass is 9.65. The van der Waals surface area contributed by atoms with Crippen molar-refractivity contribution in [3.8, 4) is 0 Å². The van der Waals surface area contributed by atoms with Gasteiger partial charge in [0.05, 0.1) is 5.52 Å². The van der Waals surface area contributed by atoms with Crippen molar-refractivity contribution in [1.82, 2.24) is 9.88 Å². The maximum absolute atomic E-state index is 13.0. The number of hydrogen-bond donors (Lipinski definition) is 0. The molecule has 2 atom stereocenters. The van der Waals surface area contributed by atoms with E-state index in [1.54, 1.807) is 0 Å². The van der Waals surface area contributed by atoms with E-state index in [2.05, 4.69) is 30.7 Å². The number of amides is 1. The van der Waals surface area contributed by atoms with Crippen molar-refractivity contribution in [2.45, 2.75) is 46.1 Å². The molecule has 1 aromatic heterocycles. The average molecular weight is 308 g/mol. The number of fused-ring (bicyclic) bond motifs is 3. The molecule has 0 radical (unpaired) electrons. The standard InChI is InChI=1S/C20H24N2O/c1-19(2)10-15-11-20(3,12-19)13-22(15)18(23)17-9-8-14-6-4-5-7-16(14)21-17/h4-9,15H,10-13H2,1-3H3/t15-,20+/m0/s1. The monoisotopic (exact) mass is 308 g/mol.